The molecule has 0 bridgehead atoms. The maximum absolute atomic E-state index is 4.25. The number of hydrogen-bond donors (Lipinski definition) is 1. The van der Waals surface area contributed by atoms with Crippen LogP contribution in [0.4, 0.5) is 5.69 Å². The summed E-state index contributed by atoms with van der Waals surface area (Å²) in [5, 5.41) is 7.64. The lowest BCUT2D eigenvalue weighted by Crippen LogP contribution is -1.98. The summed E-state index contributed by atoms with van der Waals surface area (Å²) in [5.74, 6) is 0.842. The Labute approximate surface area is 108 Å². The predicted octanol–water partition coefficient (Wildman–Crippen LogP) is 3.39. The van der Waals surface area contributed by atoms with E-state index < -0.39 is 0 Å². The Morgan fingerprint density at radius 1 is 1.28 bits per heavy atom. The van der Waals surface area contributed by atoms with Gasteiger partial charge in [0.25, 0.3) is 0 Å². The average Bonchev–Trinajstić information content (AvgIpc) is 3.16. The fraction of sp³-hybridized carbons (Fsp3) is 0.400. The third-order valence-corrected chi connectivity index (χ3v) is 3.48. The largest absolute Gasteiger partial charge is 0.378 e. The number of benzene rings is 1. The highest BCUT2D eigenvalue weighted by Crippen LogP contribution is 2.39. The Bertz CT molecular complexity index is 509. The van der Waals surface area contributed by atoms with Crippen molar-refractivity contribution < 1.29 is 0 Å². The summed E-state index contributed by atoms with van der Waals surface area (Å²) in [5.41, 5.74) is 3.91. The fourth-order valence-corrected chi connectivity index (χ4v) is 2.16. The molecule has 18 heavy (non-hydrogen) atoms. The van der Waals surface area contributed by atoms with Crippen molar-refractivity contribution in [1.82, 2.24) is 9.78 Å². The number of nitrogens with one attached hydrogen (secondary N) is 1. The van der Waals surface area contributed by atoms with Crippen LogP contribution in [0.15, 0.2) is 36.7 Å². The van der Waals surface area contributed by atoms with E-state index in [-0.39, 0.29) is 0 Å². The summed E-state index contributed by atoms with van der Waals surface area (Å²) < 4.78 is 1.93. The number of hydrogen-bond acceptors (Lipinski definition) is 2. The van der Waals surface area contributed by atoms with E-state index in [2.05, 4.69) is 41.6 Å². The van der Waals surface area contributed by atoms with Gasteiger partial charge in [-0.15, -0.1) is 0 Å². The smallest absolute Gasteiger partial charge is 0.0729 e. The topological polar surface area (TPSA) is 29.9 Å². The van der Waals surface area contributed by atoms with E-state index in [0.717, 1.165) is 24.7 Å². The molecule has 3 rings (SSSR count). The molecule has 0 spiro atoms. The van der Waals surface area contributed by atoms with Crippen LogP contribution in [0.1, 0.15) is 36.8 Å². The van der Waals surface area contributed by atoms with E-state index in [1.165, 1.54) is 24.0 Å². The van der Waals surface area contributed by atoms with Gasteiger partial charge in [-0.1, -0.05) is 24.3 Å². The van der Waals surface area contributed by atoms with Crippen LogP contribution in [0.2, 0.25) is 0 Å². The first-order valence-electron chi connectivity index (χ1n) is 6.70. The van der Waals surface area contributed by atoms with Gasteiger partial charge in [0.1, 0.15) is 0 Å². The molecule has 0 aliphatic heterocycles. The Morgan fingerprint density at radius 3 is 2.67 bits per heavy atom. The van der Waals surface area contributed by atoms with Crippen molar-refractivity contribution in [2.75, 3.05) is 5.32 Å². The van der Waals surface area contributed by atoms with E-state index in [4.69, 9.17) is 0 Å². The second-order valence-corrected chi connectivity index (χ2v) is 4.95. The van der Waals surface area contributed by atoms with Crippen LogP contribution in [-0.2, 0) is 13.1 Å². The Morgan fingerprint density at radius 2 is 2.06 bits per heavy atom. The molecule has 1 saturated carbocycles. The van der Waals surface area contributed by atoms with Crippen molar-refractivity contribution in [3.8, 4) is 0 Å². The fourth-order valence-electron chi connectivity index (χ4n) is 2.16. The first-order valence-corrected chi connectivity index (χ1v) is 6.70. The predicted molar refractivity (Wildman–Crippen MR) is 73.6 cm³/mol. The van der Waals surface area contributed by atoms with Crippen LogP contribution in [0, 0.1) is 0 Å². The summed E-state index contributed by atoms with van der Waals surface area (Å²) in [6.07, 6.45) is 6.65. The van der Waals surface area contributed by atoms with Crippen LogP contribution in [0.25, 0.3) is 0 Å². The van der Waals surface area contributed by atoms with Gasteiger partial charge in [0, 0.05) is 19.3 Å². The molecule has 1 N–H and O–H groups in total. The lowest BCUT2D eigenvalue weighted by Gasteiger charge is -2.05. The number of nitrogens with zero attached hydrogens (tertiary/aromatic N) is 2. The molecule has 0 radical (unpaired) electrons. The summed E-state index contributed by atoms with van der Waals surface area (Å²) in [7, 11) is 0. The lowest BCUT2D eigenvalue weighted by atomic mass is 10.1. The van der Waals surface area contributed by atoms with Crippen LogP contribution < -0.4 is 5.32 Å². The summed E-state index contributed by atoms with van der Waals surface area (Å²) in [6.45, 7) is 3.87. The molecule has 3 nitrogen and oxygen atoms in total. The van der Waals surface area contributed by atoms with Gasteiger partial charge < -0.3 is 5.32 Å². The molecule has 1 aliphatic carbocycles. The van der Waals surface area contributed by atoms with Crippen molar-refractivity contribution in [3.63, 3.8) is 0 Å². The number of aromatic nitrogens is 2. The lowest BCUT2D eigenvalue weighted by molar-refractivity contribution is 0.660. The minimum Gasteiger partial charge on any atom is -0.378 e. The molecule has 1 aliphatic rings. The third-order valence-electron chi connectivity index (χ3n) is 3.48. The maximum atomic E-state index is 4.25. The number of rotatable bonds is 5. The highest BCUT2D eigenvalue weighted by atomic mass is 15.3. The quantitative estimate of drug-likeness (QED) is 0.869. The normalized spacial score (nSPS) is 14.7. The molecule has 1 heterocycles. The average molecular weight is 241 g/mol. The molecule has 0 unspecified atom stereocenters. The van der Waals surface area contributed by atoms with Gasteiger partial charge in [-0.3, -0.25) is 4.68 Å². The van der Waals surface area contributed by atoms with Gasteiger partial charge in [-0.25, -0.2) is 0 Å². The maximum Gasteiger partial charge on any atom is 0.0729 e. The summed E-state index contributed by atoms with van der Waals surface area (Å²) in [6, 6.07) is 8.99. The summed E-state index contributed by atoms with van der Waals surface area (Å²) in [4.78, 5) is 0. The molecule has 1 aromatic carbocycles. The summed E-state index contributed by atoms with van der Waals surface area (Å²) >= 11 is 0. The van der Waals surface area contributed by atoms with Crippen LogP contribution in [-0.4, -0.2) is 9.78 Å². The number of anilines is 1. The van der Waals surface area contributed by atoms with E-state index >= 15 is 0 Å². The molecule has 1 fully saturated rings. The van der Waals surface area contributed by atoms with Gasteiger partial charge >= 0.3 is 0 Å². The number of aryl methyl sites for hydroxylation is 1. The van der Waals surface area contributed by atoms with Crippen LogP contribution in [0.3, 0.4) is 0 Å². The van der Waals surface area contributed by atoms with Gasteiger partial charge in [-0.05, 0) is 36.8 Å². The monoisotopic (exact) mass is 241 g/mol. The first-order chi connectivity index (χ1) is 8.85. The third kappa shape index (κ3) is 2.55. The minimum atomic E-state index is 0.842. The van der Waals surface area contributed by atoms with Gasteiger partial charge in [0.15, 0.2) is 0 Å². The van der Waals surface area contributed by atoms with Crippen molar-refractivity contribution in [3.05, 3.63) is 47.8 Å². The van der Waals surface area contributed by atoms with Crippen LogP contribution in [0.5, 0.6) is 0 Å². The molecule has 0 atom stereocenters. The van der Waals surface area contributed by atoms with Gasteiger partial charge in [0.2, 0.25) is 0 Å². The second kappa shape index (κ2) is 4.84. The molecule has 94 valence electrons. The van der Waals surface area contributed by atoms with Crippen molar-refractivity contribution in [2.24, 2.45) is 0 Å². The van der Waals surface area contributed by atoms with Crippen LogP contribution >= 0.6 is 0 Å². The highest BCUT2D eigenvalue weighted by molar-refractivity contribution is 5.39. The molecule has 0 amide bonds. The Hall–Kier alpha value is -1.77. The minimum absolute atomic E-state index is 0.842. The molecular weight excluding hydrogens is 222 g/mol. The second-order valence-electron chi connectivity index (χ2n) is 4.95. The zero-order valence-corrected chi connectivity index (χ0v) is 10.8. The van der Waals surface area contributed by atoms with Gasteiger partial charge in [-0.2, -0.15) is 5.10 Å². The standard InChI is InChI=1S/C15H19N3/c1-2-18-11-15(10-17-18)16-9-12-3-5-13(6-4-12)14-7-8-14/h3-6,10-11,14,16H,2,7-9H2,1H3. The van der Waals surface area contributed by atoms with Crippen molar-refractivity contribution >= 4 is 5.69 Å². The molecule has 3 heteroatoms. The molecule has 1 aromatic heterocycles. The van der Waals surface area contributed by atoms with Crippen molar-refractivity contribution in [2.45, 2.75) is 38.8 Å². The van der Waals surface area contributed by atoms with Crippen molar-refractivity contribution in [1.29, 1.82) is 0 Å². The van der Waals surface area contributed by atoms with E-state index in [0.29, 0.717) is 0 Å². The Kier molecular flexibility index (Phi) is 3.05. The molecular formula is C15H19N3. The Balaban J connectivity index is 1.58. The molecule has 2 aromatic rings. The SMILES string of the molecule is CCn1cc(NCc2ccc(C3CC3)cc2)cn1. The van der Waals surface area contributed by atoms with Gasteiger partial charge in [0.05, 0.1) is 11.9 Å². The van der Waals surface area contributed by atoms with E-state index in [9.17, 15) is 0 Å². The van der Waals surface area contributed by atoms with E-state index in [1.807, 2.05) is 17.1 Å². The van der Waals surface area contributed by atoms with E-state index in [1.54, 1.807) is 0 Å². The first kappa shape index (κ1) is 11.3. The zero-order chi connectivity index (χ0) is 12.4. The molecule has 0 saturated heterocycles. The highest BCUT2D eigenvalue weighted by Gasteiger charge is 2.22. The zero-order valence-electron chi connectivity index (χ0n) is 10.8.